The van der Waals surface area contributed by atoms with Gasteiger partial charge in [0.2, 0.25) is 5.91 Å². The van der Waals surface area contributed by atoms with Crippen LogP contribution in [0.5, 0.6) is 0 Å². The summed E-state index contributed by atoms with van der Waals surface area (Å²) in [5.41, 5.74) is 0. The predicted molar refractivity (Wildman–Crippen MR) is 66.3 cm³/mol. The first kappa shape index (κ1) is 14.9. The number of aliphatic carboxylic acids is 1. The molecule has 1 heterocycles. The number of hydrogen-bond donors (Lipinski definition) is 1. The summed E-state index contributed by atoms with van der Waals surface area (Å²) in [7, 11) is 0. The number of rotatable bonds is 6. The highest BCUT2D eigenvalue weighted by molar-refractivity contribution is 5.78. The van der Waals surface area contributed by atoms with Crippen molar-refractivity contribution in [1.29, 1.82) is 0 Å². The smallest absolute Gasteiger partial charge is 0.307 e. The first-order chi connectivity index (χ1) is 8.54. The molecule has 0 aromatic heterocycles. The first-order valence-corrected chi connectivity index (χ1v) is 6.35. The number of nitrogens with zero attached hydrogens (tertiary/aromatic N) is 2. The summed E-state index contributed by atoms with van der Waals surface area (Å²) < 4.78 is 5.19. The van der Waals surface area contributed by atoms with Gasteiger partial charge in [0.05, 0.1) is 25.7 Å². The summed E-state index contributed by atoms with van der Waals surface area (Å²) in [6.07, 6.45) is 0. The lowest BCUT2D eigenvalue weighted by atomic mass is 10.1. The molecule has 6 heteroatoms. The summed E-state index contributed by atoms with van der Waals surface area (Å²) >= 11 is 0. The molecular formula is C12H22N2O4. The van der Waals surface area contributed by atoms with Crippen molar-refractivity contribution in [1.82, 2.24) is 9.80 Å². The zero-order valence-corrected chi connectivity index (χ0v) is 11.1. The fourth-order valence-corrected chi connectivity index (χ4v) is 1.87. The highest BCUT2D eigenvalue weighted by atomic mass is 16.5. The third-order valence-electron chi connectivity index (χ3n) is 3.12. The molecule has 1 atom stereocenters. The summed E-state index contributed by atoms with van der Waals surface area (Å²) in [6.45, 7) is 7.39. The second-order valence-electron chi connectivity index (χ2n) is 4.56. The van der Waals surface area contributed by atoms with Crippen molar-refractivity contribution in [2.24, 2.45) is 5.92 Å². The number of carboxylic acid groups (broad SMARTS) is 1. The van der Waals surface area contributed by atoms with Gasteiger partial charge in [-0.15, -0.1) is 0 Å². The van der Waals surface area contributed by atoms with E-state index in [1.807, 2.05) is 11.8 Å². The SMILES string of the molecule is CCN(CC(=O)N1CCOCC1)CC(C)C(=O)O. The van der Waals surface area contributed by atoms with E-state index in [1.54, 1.807) is 11.8 Å². The molecule has 1 aliphatic rings. The average Bonchev–Trinajstić information content (AvgIpc) is 2.38. The zero-order chi connectivity index (χ0) is 13.5. The Morgan fingerprint density at radius 3 is 2.50 bits per heavy atom. The molecule has 0 bridgehead atoms. The van der Waals surface area contributed by atoms with Crippen molar-refractivity contribution < 1.29 is 19.4 Å². The van der Waals surface area contributed by atoms with Crippen LogP contribution in [0.25, 0.3) is 0 Å². The number of amides is 1. The summed E-state index contributed by atoms with van der Waals surface area (Å²) in [6, 6.07) is 0. The Labute approximate surface area is 107 Å². The topological polar surface area (TPSA) is 70.1 Å². The van der Waals surface area contributed by atoms with Gasteiger partial charge in [0.25, 0.3) is 0 Å². The Morgan fingerprint density at radius 1 is 1.39 bits per heavy atom. The fourth-order valence-electron chi connectivity index (χ4n) is 1.87. The average molecular weight is 258 g/mol. The van der Waals surface area contributed by atoms with E-state index in [2.05, 4.69) is 0 Å². The fraction of sp³-hybridized carbons (Fsp3) is 0.833. The van der Waals surface area contributed by atoms with Gasteiger partial charge in [-0.25, -0.2) is 0 Å². The molecule has 1 saturated heterocycles. The Kier molecular flexibility index (Phi) is 6.07. The van der Waals surface area contributed by atoms with Gasteiger partial charge in [-0.3, -0.25) is 14.5 Å². The standard InChI is InChI=1S/C12H22N2O4/c1-3-13(8-10(2)12(16)17)9-11(15)14-4-6-18-7-5-14/h10H,3-9H2,1-2H3,(H,16,17). The first-order valence-electron chi connectivity index (χ1n) is 6.35. The van der Waals surface area contributed by atoms with Crippen LogP contribution in [0.1, 0.15) is 13.8 Å². The number of morpholine rings is 1. The maximum absolute atomic E-state index is 12.0. The third kappa shape index (κ3) is 4.62. The number of carbonyl (C=O) groups is 2. The highest BCUT2D eigenvalue weighted by Gasteiger charge is 2.21. The number of carbonyl (C=O) groups excluding carboxylic acids is 1. The Balaban J connectivity index is 2.41. The van der Waals surface area contributed by atoms with E-state index in [9.17, 15) is 9.59 Å². The van der Waals surface area contributed by atoms with Crippen LogP contribution in [-0.2, 0) is 14.3 Å². The molecule has 1 unspecified atom stereocenters. The van der Waals surface area contributed by atoms with Crippen LogP contribution in [0, 0.1) is 5.92 Å². The van der Waals surface area contributed by atoms with Crippen molar-refractivity contribution in [3.8, 4) is 0 Å². The lowest BCUT2D eigenvalue weighted by Gasteiger charge is -2.30. The molecule has 18 heavy (non-hydrogen) atoms. The number of carboxylic acids is 1. The summed E-state index contributed by atoms with van der Waals surface area (Å²) in [5.74, 6) is -1.23. The van der Waals surface area contributed by atoms with Gasteiger partial charge in [-0.2, -0.15) is 0 Å². The van der Waals surface area contributed by atoms with E-state index < -0.39 is 11.9 Å². The lowest BCUT2D eigenvalue weighted by molar-refractivity contribution is -0.143. The van der Waals surface area contributed by atoms with Crippen molar-refractivity contribution in [3.63, 3.8) is 0 Å². The van der Waals surface area contributed by atoms with E-state index in [4.69, 9.17) is 9.84 Å². The van der Waals surface area contributed by atoms with Gasteiger partial charge in [-0.1, -0.05) is 13.8 Å². The third-order valence-corrected chi connectivity index (χ3v) is 3.12. The van der Waals surface area contributed by atoms with Crippen molar-refractivity contribution in [2.45, 2.75) is 13.8 Å². The Morgan fingerprint density at radius 2 is 2.00 bits per heavy atom. The maximum atomic E-state index is 12.0. The molecule has 1 N–H and O–H groups in total. The lowest BCUT2D eigenvalue weighted by Crippen LogP contribution is -2.46. The molecule has 6 nitrogen and oxygen atoms in total. The van der Waals surface area contributed by atoms with Crippen LogP contribution in [0.3, 0.4) is 0 Å². The van der Waals surface area contributed by atoms with Crippen molar-refractivity contribution in [2.75, 3.05) is 45.9 Å². The number of ether oxygens (including phenoxy) is 1. The highest BCUT2D eigenvalue weighted by Crippen LogP contribution is 2.03. The van der Waals surface area contributed by atoms with Gasteiger partial charge < -0.3 is 14.7 Å². The van der Waals surface area contributed by atoms with Crippen LogP contribution in [0.4, 0.5) is 0 Å². The molecule has 1 aliphatic heterocycles. The van der Waals surface area contributed by atoms with Crippen LogP contribution >= 0.6 is 0 Å². The van der Waals surface area contributed by atoms with E-state index >= 15 is 0 Å². The van der Waals surface area contributed by atoms with E-state index in [0.29, 0.717) is 39.4 Å². The molecule has 1 rings (SSSR count). The molecular weight excluding hydrogens is 236 g/mol. The van der Waals surface area contributed by atoms with Crippen molar-refractivity contribution in [3.05, 3.63) is 0 Å². The minimum atomic E-state index is -0.827. The van der Waals surface area contributed by atoms with Crippen molar-refractivity contribution >= 4 is 11.9 Å². The van der Waals surface area contributed by atoms with Crippen LogP contribution < -0.4 is 0 Å². The van der Waals surface area contributed by atoms with Gasteiger partial charge >= 0.3 is 5.97 Å². The minimum absolute atomic E-state index is 0.0535. The van der Waals surface area contributed by atoms with E-state index in [-0.39, 0.29) is 12.5 Å². The normalized spacial score (nSPS) is 17.8. The predicted octanol–water partition coefficient (Wildman–Crippen LogP) is -0.112. The molecule has 104 valence electrons. The Bertz CT molecular complexity index is 290. The quantitative estimate of drug-likeness (QED) is 0.719. The van der Waals surface area contributed by atoms with Crippen LogP contribution in [0.2, 0.25) is 0 Å². The second kappa shape index (κ2) is 7.33. The monoisotopic (exact) mass is 258 g/mol. The number of likely N-dealkylation sites (N-methyl/N-ethyl adjacent to an activating group) is 1. The van der Waals surface area contributed by atoms with Gasteiger partial charge in [0.15, 0.2) is 0 Å². The van der Waals surface area contributed by atoms with E-state index in [1.165, 1.54) is 0 Å². The molecule has 0 aliphatic carbocycles. The molecule has 1 fully saturated rings. The number of hydrogen-bond acceptors (Lipinski definition) is 4. The Hall–Kier alpha value is -1.14. The van der Waals surface area contributed by atoms with Crippen LogP contribution in [-0.4, -0.2) is 72.7 Å². The van der Waals surface area contributed by atoms with Crippen LogP contribution in [0.15, 0.2) is 0 Å². The van der Waals surface area contributed by atoms with E-state index in [0.717, 1.165) is 0 Å². The van der Waals surface area contributed by atoms with Gasteiger partial charge in [0, 0.05) is 19.6 Å². The largest absolute Gasteiger partial charge is 0.481 e. The minimum Gasteiger partial charge on any atom is -0.481 e. The molecule has 0 aromatic rings. The molecule has 0 spiro atoms. The molecule has 0 saturated carbocycles. The van der Waals surface area contributed by atoms with Gasteiger partial charge in [-0.05, 0) is 6.54 Å². The summed E-state index contributed by atoms with van der Waals surface area (Å²) in [5, 5.41) is 8.87. The summed E-state index contributed by atoms with van der Waals surface area (Å²) in [4.78, 5) is 26.4. The second-order valence-corrected chi connectivity index (χ2v) is 4.56. The molecule has 1 amide bonds. The maximum Gasteiger partial charge on any atom is 0.307 e. The molecule has 0 radical (unpaired) electrons. The molecule has 0 aromatic carbocycles. The zero-order valence-electron chi connectivity index (χ0n) is 11.1. The van der Waals surface area contributed by atoms with Gasteiger partial charge in [0.1, 0.15) is 0 Å².